The van der Waals surface area contributed by atoms with Crippen LogP contribution in [0.5, 0.6) is 0 Å². The van der Waals surface area contributed by atoms with Crippen molar-refractivity contribution in [1.29, 1.82) is 0 Å². The summed E-state index contributed by atoms with van der Waals surface area (Å²) >= 11 is 0. The number of rotatable bonds is 11. The Kier molecular flexibility index (Phi) is 12.3. The first-order chi connectivity index (χ1) is 19.9. The van der Waals surface area contributed by atoms with Crippen molar-refractivity contribution in [3.05, 3.63) is 71.3 Å². The second-order valence-electron chi connectivity index (χ2n) is 12.8. The minimum absolute atomic E-state index is 0.164. The lowest BCUT2D eigenvalue weighted by atomic mass is 9.98. The molecule has 3 unspecified atom stereocenters. The third-order valence-corrected chi connectivity index (χ3v) is 6.16. The van der Waals surface area contributed by atoms with Gasteiger partial charge in [0.15, 0.2) is 0 Å². The van der Waals surface area contributed by atoms with E-state index >= 15 is 0 Å². The Hall–Kier alpha value is -3.92. The fourth-order valence-corrected chi connectivity index (χ4v) is 4.44. The molecule has 0 aliphatic carbocycles. The van der Waals surface area contributed by atoms with Gasteiger partial charge in [0, 0.05) is 12.5 Å². The van der Waals surface area contributed by atoms with Crippen LogP contribution in [0.3, 0.4) is 0 Å². The highest BCUT2D eigenvalue weighted by Gasteiger charge is 2.39. The van der Waals surface area contributed by atoms with Crippen molar-refractivity contribution in [2.24, 2.45) is 0 Å². The monoisotopic (exact) mass is 597 g/mol. The molecule has 3 atom stereocenters. The van der Waals surface area contributed by atoms with Crippen LogP contribution in [-0.2, 0) is 30.3 Å². The Morgan fingerprint density at radius 1 is 0.837 bits per heavy atom. The molecule has 10 heteroatoms. The van der Waals surface area contributed by atoms with Gasteiger partial charge in [0.05, 0.1) is 6.61 Å². The molecular formula is C33H47N3O7. The van der Waals surface area contributed by atoms with Crippen LogP contribution in [0.2, 0.25) is 0 Å². The standard InChI is InChI=1S/C33H47N3O7/c1-21(2)36(29(39)26(20-37)35-31(41)43-33(7,8)9)27(24-17-13-14-22(3)18-24)28(38)34-25(30(40)42-32(4,5)6)19-23-15-11-10-12-16-23/h10-18,21,25-27,37H,19-20H2,1-9H3,(H,34,38)(H,35,41). The van der Waals surface area contributed by atoms with Crippen molar-refractivity contribution in [1.82, 2.24) is 15.5 Å². The number of aliphatic hydroxyl groups excluding tert-OH is 1. The molecule has 2 aromatic carbocycles. The normalized spacial score (nSPS) is 13.8. The summed E-state index contributed by atoms with van der Waals surface area (Å²) in [6, 6.07) is 12.2. The number of benzene rings is 2. The van der Waals surface area contributed by atoms with Gasteiger partial charge >= 0.3 is 12.1 Å². The van der Waals surface area contributed by atoms with Crippen molar-refractivity contribution in [3.8, 4) is 0 Å². The third kappa shape index (κ3) is 11.4. The van der Waals surface area contributed by atoms with Crippen molar-refractivity contribution >= 4 is 23.9 Å². The average molecular weight is 598 g/mol. The topological polar surface area (TPSA) is 134 Å². The molecule has 3 N–H and O–H groups in total. The van der Waals surface area contributed by atoms with Gasteiger partial charge in [-0.25, -0.2) is 9.59 Å². The van der Waals surface area contributed by atoms with Gasteiger partial charge in [0.25, 0.3) is 0 Å². The van der Waals surface area contributed by atoms with Crippen LogP contribution in [0.4, 0.5) is 4.79 Å². The van der Waals surface area contributed by atoms with Crippen molar-refractivity contribution < 1.29 is 33.8 Å². The number of nitrogens with one attached hydrogen (secondary N) is 2. The van der Waals surface area contributed by atoms with E-state index in [0.29, 0.717) is 5.56 Å². The summed E-state index contributed by atoms with van der Waals surface area (Å²) in [5.41, 5.74) is 0.532. The minimum atomic E-state index is -1.39. The molecule has 3 amide bonds. The number of carbonyl (C=O) groups excluding carboxylic acids is 4. The van der Waals surface area contributed by atoms with Gasteiger partial charge in [-0.2, -0.15) is 0 Å². The number of ether oxygens (including phenoxy) is 2. The summed E-state index contributed by atoms with van der Waals surface area (Å²) in [4.78, 5) is 55.3. The van der Waals surface area contributed by atoms with E-state index in [9.17, 15) is 24.3 Å². The van der Waals surface area contributed by atoms with Crippen LogP contribution in [0.15, 0.2) is 54.6 Å². The second kappa shape index (κ2) is 15.0. The molecule has 43 heavy (non-hydrogen) atoms. The Bertz CT molecular complexity index is 1250. The Balaban J connectivity index is 2.53. The van der Waals surface area contributed by atoms with Gasteiger partial charge in [0.2, 0.25) is 11.8 Å². The molecule has 2 aromatic rings. The smallest absolute Gasteiger partial charge is 0.408 e. The number of carbonyl (C=O) groups is 4. The highest BCUT2D eigenvalue weighted by molar-refractivity contribution is 5.94. The van der Waals surface area contributed by atoms with E-state index in [1.165, 1.54) is 4.90 Å². The molecule has 0 spiro atoms. The average Bonchev–Trinajstić information content (AvgIpc) is 2.87. The fraction of sp³-hybridized carbons (Fsp3) is 0.515. The van der Waals surface area contributed by atoms with Crippen molar-refractivity contribution in [2.45, 2.75) is 104 Å². The van der Waals surface area contributed by atoms with Gasteiger partial charge in [-0.05, 0) is 73.4 Å². The molecule has 10 nitrogen and oxygen atoms in total. The quantitative estimate of drug-likeness (QED) is 0.330. The number of esters is 1. The van der Waals surface area contributed by atoms with Gasteiger partial charge in [-0.3, -0.25) is 9.59 Å². The summed E-state index contributed by atoms with van der Waals surface area (Å²) in [5.74, 6) is -1.93. The van der Waals surface area contributed by atoms with E-state index in [1.54, 1.807) is 73.6 Å². The predicted octanol–water partition coefficient (Wildman–Crippen LogP) is 4.23. The zero-order chi connectivity index (χ0) is 32.5. The van der Waals surface area contributed by atoms with Crippen LogP contribution in [0.25, 0.3) is 0 Å². The third-order valence-electron chi connectivity index (χ3n) is 6.16. The lowest BCUT2D eigenvalue weighted by Gasteiger charge is -2.37. The van der Waals surface area contributed by atoms with E-state index in [2.05, 4.69) is 10.6 Å². The lowest BCUT2D eigenvalue weighted by molar-refractivity contribution is -0.159. The maximum atomic E-state index is 14.2. The Labute approximate surface area is 255 Å². The number of alkyl carbamates (subject to hydrolysis) is 1. The summed E-state index contributed by atoms with van der Waals surface area (Å²) in [5, 5.41) is 15.4. The highest BCUT2D eigenvalue weighted by Crippen LogP contribution is 2.26. The SMILES string of the molecule is Cc1cccc(C(C(=O)NC(Cc2ccccc2)C(=O)OC(C)(C)C)N(C(=O)C(CO)NC(=O)OC(C)(C)C)C(C)C)c1. The van der Waals surface area contributed by atoms with Crippen molar-refractivity contribution in [2.75, 3.05) is 6.61 Å². The zero-order valence-electron chi connectivity index (χ0n) is 26.8. The number of amides is 3. The molecule has 0 aliphatic rings. The maximum absolute atomic E-state index is 14.2. The van der Waals surface area contributed by atoms with Crippen LogP contribution < -0.4 is 10.6 Å². The molecule has 0 radical (unpaired) electrons. The summed E-state index contributed by atoms with van der Waals surface area (Å²) in [7, 11) is 0. The van der Waals surface area contributed by atoms with E-state index in [1.807, 2.05) is 43.3 Å². The zero-order valence-corrected chi connectivity index (χ0v) is 26.8. The van der Waals surface area contributed by atoms with Crippen LogP contribution >= 0.6 is 0 Å². The molecule has 0 aromatic heterocycles. The first-order valence-electron chi connectivity index (χ1n) is 14.5. The molecule has 0 aliphatic heterocycles. The number of aliphatic hydroxyl groups is 1. The summed E-state index contributed by atoms with van der Waals surface area (Å²) in [6.45, 7) is 14.9. The molecule has 0 fully saturated rings. The number of aryl methyl sites for hydroxylation is 1. The van der Waals surface area contributed by atoms with Crippen LogP contribution in [0, 0.1) is 6.92 Å². The molecule has 0 bridgehead atoms. The van der Waals surface area contributed by atoms with Gasteiger partial charge < -0.3 is 30.1 Å². The van der Waals surface area contributed by atoms with E-state index in [4.69, 9.17) is 9.47 Å². The largest absolute Gasteiger partial charge is 0.458 e. The molecule has 0 heterocycles. The maximum Gasteiger partial charge on any atom is 0.408 e. The Morgan fingerprint density at radius 3 is 1.95 bits per heavy atom. The van der Waals surface area contributed by atoms with Crippen molar-refractivity contribution in [3.63, 3.8) is 0 Å². The van der Waals surface area contributed by atoms with E-state index in [0.717, 1.165) is 11.1 Å². The number of hydrogen-bond acceptors (Lipinski definition) is 7. The first-order valence-corrected chi connectivity index (χ1v) is 14.5. The number of nitrogens with zero attached hydrogens (tertiary/aromatic N) is 1. The van der Waals surface area contributed by atoms with Gasteiger partial charge in [-0.15, -0.1) is 0 Å². The molecule has 0 saturated heterocycles. The predicted molar refractivity (Wildman–Crippen MR) is 164 cm³/mol. The van der Waals surface area contributed by atoms with E-state index in [-0.39, 0.29) is 6.42 Å². The Morgan fingerprint density at radius 2 is 1.44 bits per heavy atom. The van der Waals surface area contributed by atoms with Crippen LogP contribution in [0.1, 0.15) is 78.1 Å². The minimum Gasteiger partial charge on any atom is -0.458 e. The van der Waals surface area contributed by atoms with Gasteiger partial charge in [-0.1, -0.05) is 60.2 Å². The molecule has 0 saturated carbocycles. The summed E-state index contributed by atoms with van der Waals surface area (Å²) < 4.78 is 10.9. The second-order valence-corrected chi connectivity index (χ2v) is 12.8. The first kappa shape index (κ1) is 35.3. The fourth-order valence-electron chi connectivity index (χ4n) is 4.44. The lowest BCUT2D eigenvalue weighted by Crippen LogP contribution is -2.57. The highest BCUT2D eigenvalue weighted by atomic mass is 16.6. The summed E-state index contributed by atoms with van der Waals surface area (Å²) in [6.07, 6.45) is -0.718. The number of hydrogen-bond donors (Lipinski definition) is 3. The van der Waals surface area contributed by atoms with Gasteiger partial charge in [0.1, 0.15) is 29.3 Å². The van der Waals surface area contributed by atoms with Crippen LogP contribution in [-0.4, -0.2) is 69.8 Å². The molecular weight excluding hydrogens is 550 g/mol. The van der Waals surface area contributed by atoms with E-state index < -0.39 is 65.9 Å². The molecule has 236 valence electrons. The molecule has 2 rings (SSSR count).